The summed E-state index contributed by atoms with van der Waals surface area (Å²) < 4.78 is 4.16. The predicted molar refractivity (Wildman–Crippen MR) is 81.9 cm³/mol. The number of halogens is 1. The zero-order valence-electron chi connectivity index (χ0n) is 12.3. The molecule has 2 aromatic heterocycles. The molecule has 6 heteroatoms. The molecule has 0 unspecified atom stereocenters. The standard InChI is InChI=1S/C14H22ClN5/c1-3-7-11-13-14(18(2)17-11)20(12(10-15)16-13)19-8-5-4-6-9-19/h3-10H2,1-2H3. The summed E-state index contributed by atoms with van der Waals surface area (Å²) in [4.78, 5) is 4.75. The van der Waals surface area contributed by atoms with Crippen LogP contribution in [-0.4, -0.2) is 32.5 Å². The molecule has 1 fully saturated rings. The molecular weight excluding hydrogens is 274 g/mol. The van der Waals surface area contributed by atoms with E-state index in [-0.39, 0.29) is 0 Å². The Kier molecular flexibility index (Phi) is 3.87. The third-order valence-corrected chi connectivity index (χ3v) is 4.21. The van der Waals surface area contributed by atoms with E-state index in [9.17, 15) is 0 Å². The van der Waals surface area contributed by atoms with Crippen molar-refractivity contribution in [3.05, 3.63) is 11.5 Å². The van der Waals surface area contributed by atoms with Crippen LogP contribution in [0.15, 0.2) is 0 Å². The van der Waals surface area contributed by atoms with Gasteiger partial charge in [0.1, 0.15) is 11.3 Å². The molecule has 1 aliphatic heterocycles. The first-order chi connectivity index (χ1) is 9.76. The molecule has 0 spiro atoms. The van der Waals surface area contributed by atoms with Crippen molar-refractivity contribution in [1.29, 1.82) is 0 Å². The summed E-state index contributed by atoms with van der Waals surface area (Å²) >= 11 is 6.12. The lowest BCUT2D eigenvalue weighted by molar-refractivity contribution is 0.473. The van der Waals surface area contributed by atoms with Crippen molar-refractivity contribution < 1.29 is 0 Å². The highest BCUT2D eigenvalue weighted by Gasteiger charge is 2.23. The van der Waals surface area contributed by atoms with Crippen LogP contribution in [0, 0.1) is 0 Å². The van der Waals surface area contributed by atoms with Crippen molar-refractivity contribution in [2.45, 2.75) is 44.9 Å². The number of imidazole rings is 1. The second kappa shape index (κ2) is 5.64. The summed E-state index contributed by atoms with van der Waals surface area (Å²) in [6.45, 7) is 4.32. The van der Waals surface area contributed by atoms with Crippen LogP contribution in [-0.2, 0) is 19.3 Å². The van der Waals surface area contributed by atoms with E-state index in [1.54, 1.807) is 0 Å². The first kappa shape index (κ1) is 13.7. The van der Waals surface area contributed by atoms with Gasteiger partial charge in [0.25, 0.3) is 0 Å². The molecule has 3 rings (SSSR count). The van der Waals surface area contributed by atoms with Crippen LogP contribution in [0.2, 0.25) is 0 Å². The third kappa shape index (κ3) is 2.18. The van der Waals surface area contributed by atoms with Gasteiger partial charge in [-0.15, -0.1) is 11.6 Å². The summed E-state index contributed by atoms with van der Waals surface area (Å²) in [5.74, 6) is 1.38. The van der Waals surface area contributed by atoms with Crippen molar-refractivity contribution in [1.82, 2.24) is 19.4 Å². The average molecular weight is 296 g/mol. The largest absolute Gasteiger partial charge is 0.310 e. The minimum Gasteiger partial charge on any atom is -0.310 e. The smallest absolute Gasteiger partial charge is 0.177 e. The van der Waals surface area contributed by atoms with E-state index in [4.69, 9.17) is 16.6 Å². The zero-order chi connectivity index (χ0) is 14.1. The fourth-order valence-corrected chi connectivity index (χ4v) is 3.25. The van der Waals surface area contributed by atoms with Crippen molar-refractivity contribution >= 4 is 22.8 Å². The number of rotatable bonds is 4. The van der Waals surface area contributed by atoms with Crippen LogP contribution in [0.1, 0.15) is 44.1 Å². The minimum absolute atomic E-state index is 0.441. The molecule has 2 aromatic rings. The molecule has 0 bridgehead atoms. The quantitative estimate of drug-likeness (QED) is 0.814. The van der Waals surface area contributed by atoms with Crippen LogP contribution in [0.5, 0.6) is 0 Å². The molecule has 110 valence electrons. The van der Waals surface area contributed by atoms with Gasteiger partial charge < -0.3 is 5.01 Å². The Morgan fingerprint density at radius 2 is 1.95 bits per heavy atom. The lowest BCUT2D eigenvalue weighted by Crippen LogP contribution is -2.40. The van der Waals surface area contributed by atoms with Gasteiger partial charge in [-0.05, 0) is 25.7 Å². The maximum absolute atomic E-state index is 6.12. The monoisotopic (exact) mass is 295 g/mol. The van der Waals surface area contributed by atoms with E-state index in [1.807, 2.05) is 11.7 Å². The van der Waals surface area contributed by atoms with Gasteiger partial charge in [0.15, 0.2) is 5.65 Å². The first-order valence-electron chi connectivity index (χ1n) is 7.50. The number of aryl methyl sites for hydroxylation is 2. The van der Waals surface area contributed by atoms with Gasteiger partial charge in [-0.3, -0.25) is 0 Å². The molecular formula is C14H22ClN5. The summed E-state index contributed by atoms with van der Waals surface area (Å²) in [7, 11) is 2.00. The lowest BCUT2D eigenvalue weighted by Gasteiger charge is -2.30. The van der Waals surface area contributed by atoms with E-state index in [1.165, 1.54) is 19.3 Å². The maximum atomic E-state index is 6.12. The minimum atomic E-state index is 0.441. The fourth-order valence-electron chi connectivity index (χ4n) is 3.07. The van der Waals surface area contributed by atoms with Crippen LogP contribution in [0.25, 0.3) is 11.2 Å². The first-order valence-corrected chi connectivity index (χ1v) is 8.04. The molecule has 1 saturated heterocycles. The number of piperidine rings is 1. The van der Waals surface area contributed by atoms with Crippen molar-refractivity contribution in [2.24, 2.45) is 7.05 Å². The van der Waals surface area contributed by atoms with Crippen LogP contribution in [0.4, 0.5) is 0 Å². The molecule has 3 heterocycles. The summed E-state index contributed by atoms with van der Waals surface area (Å²) in [5, 5.41) is 7.00. The molecule has 0 atom stereocenters. The van der Waals surface area contributed by atoms with E-state index < -0.39 is 0 Å². The van der Waals surface area contributed by atoms with E-state index >= 15 is 0 Å². The van der Waals surface area contributed by atoms with Crippen LogP contribution < -0.4 is 5.01 Å². The zero-order valence-corrected chi connectivity index (χ0v) is 13.0. The molecule has 0 saturated carbocycles. The fraction of sp³-hybridized carbons (Fsp3) is 0.714. The van der Waals surface area contributed by atoms with E-state index in [2.05, 4.69) is 21.7 Å². The van der Waals surface area contributed by atoms with Gasteiger partial charge in [-0.2, -0.15) is 5.10 Å². The molecule has 0 N–H and O–H groups in total. The molecule has 0 radical (unpaired) electrons. The van der Waals surface area contributed by atoms with E-state index in [0.717, 1.165) is 48.6 Å². The predicted octanol–water partition coefficient (Wildman–Crippen LogP) is 2.58. The molecule has 0 amide bonds. The Hall–Kier alpha value is -1.23. The summed E-state index contributed by atoms with van der Waals surface area (Å²) in [5.41, 5.74) is 3.20. The number of aromatic nitrogens is 4. The molecule has 0 aliphatic carbocycles. The Balaban J connectivity index is 2.13. The highest BCUT2D eigenvalue weighted by atomic mass is 35.5. The van der Waals surface area contributed by atoms with Crippen LogP contribution >= 0.6 is 11.6 Å². The Labute approximate surface area is 124 Å². The number of fused-ring (bicyclic) bond motifs is 1. The highest BCUT2D eigenvalue weighted by molar-refractivity contribution is 6.16. The summed E-state index contributed by atoms with van der Waals surface area (Å²) in [6.07, 6.45) is 5.84. The number of nitrogens with zero attached hydrogens (tertiary/aromatic N) is 5. The van der Waals surface area contributed by atoms with Gasteiger partial charge >= 0.3 is 0 Å². The number of hydrogen-bond acceptors (Lipinski definition) is 3. The Morgan fingerprint density at radius 3 is 2.60 bits per heavy atom. The molecule has 0 aromatic carbocycles. The second-order valence-electron chi connectivity index (χ2n) is 5.48. The van der Waals surface area contributed by atoms with Gasteiger partial charge in [-0.1, -0.05) is 13.3 Å². The topological polar surface area (TPSA) is 38.9 Å². The second-order valence-corrected chi connectivity index (χ2v) is 5.75. The molecule has 20 heavy (non-hydrogen) atoms. The normalized spacial score (nSPS) is 16.2. The molecule has 1 aliphatic rings. The summed E-state index contributed by atoms with van der Waals surface area (Å²) in [6, 6.07) is 0. The number of hydrogen-bond donors (Lipinski definition) is 0. The van der Waals surface area contributed by atoms with Gasteiger partial charge in [-0.25, -0.2) is 14.3 Å². The maximum Gasteiger partial charge on any atom is 0.177 e. The molecule has 5 nitrogen and oxygen atoms in total. The van der Waals surface area contributed by atoms with E-state index in [0.29, 0.717) is 5.88 Å². The average Bonchev–Trinajstić information content (AvgIpc) is 2.99. The highest BCUT2D eigenvalue weighted by Crippen LogP contribution is 2.23. The van der Waals surface area contributed by atoms with Crippen molar-refractivity contribution in [2.75, 3.05) is 18.1 Å². The van der Waals surface area contributed by atoms with Crippen molar-refractivity contribution in [3.8, 4) is 0 Å². The third-order valence-electron chi connectivity index (χ3n) is 3.97. The van der Waals surface area contributed by atoms with Gasteiger partial charge in [0.05, 0.1) is 11.6 Å². The van der Waals surface area contributed by atoms with Gasteiger partial charge in [0.2, 0.25) is 0 Å². The Bertz CT molecular complexity index is 594. The van der Waals surface area contributed by atoms with Gasteiger partial charge in [0, 0.05) is 20.1 Å². The van der Waals surface area contributed by atoms with Crippen LogP contribution in [0.3, 0.4) is 0 Å². The number of alkyl halides is 1. The SMILES string of the molecule is CCCc1nn(C)c2c1nc(CCl)n2N1CCCCC1. The Morgan fingerprint density at radius 1 is 1.20 bits per heavy atom. The van der Waals surface area contributed by atoms with Crippen molar-refractivity contribution in [3.63, 3.8) is 0 Å². The lowest BCUT2D eigenvalue weighted by atomic mass is 10.2.